The number of thioether (sulfide) groups is 1. The van der Waals surface area contributed by atoms with Crippen molar-refractivity contribution in [1.82, 2.24) is 4.90 Å². The van der Waals surface area contributed by atoms with Crippen molar-refractivity contribution in [2.75, 3.05) is 26.4 Å². The van der Waals surface area contributed by atoms with Gasteiger partial charge in [0, 0.05) is 5.02 Å². The Kier molecular flexibility index (Phi) is 9.02. The summed E-state index contributed by atoms with van der Waals surface area (Å²) >= 11 is 6.79. The first kappa shape index (κ1) is 27.6. The van der Waals surface area contributed by atoms with Crippen LogP contribution in [-0.2, 0) is 10.2 Å². The smallest absolute Gasteiger partial charge is 0.293 e. The van der Waals surface area contributed by atoms with Gasteiger partial charge in [-0.25, -0.2) is 0 Å². The Morgan fingerprint density at radius 2 is 1.26 bits per heavy atom. The van der Waals surface area contributed by atoms with Gasteiger partial charge in [-0.3, -0.25) is 14.5 Å². The number of rotatable bonds is 10. The maximum atomic E-state index is 12.7. The molecule has 198 valence electrons. The van der Waals surface area contributed by atoms with Crippen molar-refractivity contribution in [2.24, 2.45) is 0 Å². The highest BCUT2D eigenvalue weighted by atomic mass is 35.5. The van der Waals surface area contributed by atoms with Crippen LogP contribution >= 0.6 is 23.4 Å². The van der Waals surface area contributed by atoms with Crippen molar-refractivity contribution in [3.63, 3.8) is 0 Å². The number of carbonyl (C=O) groups is 2. The molecule has 1 fully saturated rings. The van der Waals surface area contributed by atoms with Gasteiger partial charge < -0.3 is 14.2 Å². The maximum absolute atomic E-state index is 12.7. The van der Waals surface area contributed by atoms with Crippen molar-refractivity contribution in [1.29, 1.82) is 0 Å². The third-order valence-corrected chi connectivity index (χ3v) is 6.95. The summed E-state index contributed by atoms with van der Waals surface area (Å²) in [7, 11) is 0. The minimum atomic E-state index is -0.326. The predicted molar refractivity (Wildman–Crippen MR) is 152 cm³/mol. The molecule has 0 N–H and O–H groups in total. The first-order chi connectivity index (χ1) is 18.2. The van der Waals surface area contributed by atoms with Crippen LogP contribution < -0.4 is 14.2 Å². The SMILES string of the molecule is CC(C)(C)c1ccc(OCCOc2ccc(/C=C3\SC(=O)N(CCOc4ccc(Cl)cc4)C3=O)cc2)cc1. The van der Waals surface area contributed by atoms with Gasteiger partial charge in [0.25, 0.3) is 11.1 Å². The molecule has 0 aromatic heterocycles. The van der Waals surface area contributed by atoms with E-state index in [2.05, 4.69) is 32.9 Å². The van der Waals surface area contributed by atoms with E-state index in [4.69, 9.17) is 25.8 Å². The number of amides is 2. The number of hydrogen-bond acceptors (Lipinski definition) is 6. The molecule has 0 radical (unpaired) electrons. The highest BCUT2D eigenvalue weighted by Gasteiger charge is 2.34. The highest BCUT2D eigenvalue weighted by Crippen LogP contribution is 2.32. The Labute approximate surface area is 232 Å². The Morgan fingerprint density at radius 3 is 1.82 bits per heavy atom. The van der Waals surface area contributed by atoms with Crippen LogP contribution in [0.4, 0.5) is 4.79 Å². The summed E-state index contributed by atoms with van der Waals surface area (Å²) in [5.74, 6) is 1.80. The first-order valence-electron chi connectivity index (χ1n) is 12.3. The summed E-state index contributed by atoms with van der Waals surface area (Å²) in [6.45, 7) is 7.72. The zero-order chi connectivity index (χ0) is 27.1. The fraction of sp³-hybridized carbons (Fsp3) is 0.267. The molecule has 8 heteroatoms. The second kappa shape index (κ2) is 12.4. The fourth-order valence-corrected chi connectivity index (χ4v) is 4.65. The van der Waals surface area contributed by atoms with Crippen LogP contribution in [0.25, 0.3) is 6.08 Å². The van der Waals surface area contributed by atoms with E-state index in [0.717, 1.165) is 23.1 Å². The van der Waals surface area contributed by atoms with Crippen molar-refractivity contribution in [3.8, 4) is 17.2 Å². The van der Waals surface area contributed by atoms with Crippen molar-refractivity contribution in [3.05, 3.63) is 93.9 Å². The van der Waals surface area contributed by atoms with Crippen LogP contribution in [0.15, 0.2) is 77.7 Å². The number of hydrogen-bond donors (Lipinski definition) is 0. The normalized spacial score (nSPS) is 14.7. The molecule has 0 aliphatic carbocycles. The van der Waals surface area contributed by atoms with Gasteiger partial charge >= 0.3 is 0 Å². The van der Waals surface area contributed by atoms with Crippen LogP contribution in [0.2, 0.25) is 5.02 Å². The number of halogens is 1. The first-order valence-corrected chi connectivity index (χ1v) is 13.5. The second-order valence-corrected chi connectivity index (χ2v) is 11.1. The molecule has 1 aliphatic rings. The van der Waals surface area contributed by atoms with Gasteiger partial charge in [0.05, 0.1) is 11.4 Å². The molecule has 1 aliphatic heterocycles. The van der Waals surface area contributed by atoms with Gasteiger partial charge in [0.2, 0.25) is 0 Å². The van der Waals surface area contributed by atoms with E-state index in [1.54, 1.807) is 30.3 Å². The molecular weight excluding hydrogens is 522 g/mol. The maximum Gasteiger partial charge on any atom is 0.293 e. The molecule has 1 saturated heterocycles. The van der Waals surface area contributed by atoms with Crippen molar-refractivity contribution in [2.45, 2.75) is 26.2 Å². The topological polar surface area (TPSA) is 65.1 Å². The Balaban J connectivity index is 1.23. The lowest BCUT2D eigenvalue weighted by Crippen LogP contribution is -2.32. The van der Waals surface area contributed by atoms with E-state index in [0.29, 0.717) is 34.6 Å². The summed E-state index contributed by atoms with van der Waals surface area (Å²) in [5, 5.41) is 0.300. The van der Waals surface area contributed by atoms with Crippen LogP contribution in [0.5, 0.6) is 17.2 Å². The van der Waals surface area contributed by atoms with Crippen LogP contribution in [-0.4, -0.2) is 42.4 Å². The third kappa shape index (κ3) is 7.55. The Bertz CT molecular complexity index is 1280. The average molecular weight is 552 g/mol. The fourth-order valence-electron chi connectivity index (χ4n) is 3.66. The van der Waals surface area contributed by atoms with E-state index in [1.165, 1.54) is 10.5 Å². The third-order valence-electron chi connectivity index (χ3n) is 5.79. The summed E-state index contributed by atoms with van der Waals surface area (Å²) < 4.78 is 17.2. The van der Waals surface area contributed by atoms with Gasteiger partial charge in [-0.05, 0) is 82.9 Å². The molecule has 3 aromatic rings. The number of carbonyl (C=O) groups excluding carboxylic acids is 2. The van der Waals surface area contributed by atoms with Crippen LogP contribution in [0.1, 0.15) is 31.9 Å². The quantitative estimate of drug-likeness (QED) is 0.196. The molecule has 0 saturated carbocycles. The van der Waals surface area contributed by atoms with E-state index < -0.39 is 0 Å². The molecule has 0 atom stereocenters. The second-order valence-electron chi connectivity index (χ2n) is 9.68. The lowest BCUT2D eigenvalue weighted by atomic mass is 9.87. The zero-order valence-electron chi connectivity index (χ0n) is 21.6. The molecule has 1 heterocycles. The number of nitrogens with zero attached hydrogens (tertiary/aromatic N) is 1. The molecular formula is C30H30ClNO5S. The van der Waals surface area contributed by atoms with Gasteiger partial charge in [0.1, 0.15) is 37.1 Å². The summed E-state index contributed by atoms with van der Waals surface area (Å²) in [4.78, 5) is 26.7. The zero-order valence-corrected chi connectivity index (χ0v) is 23.2. The van der Waals surface area contributed by atoms with Gasteiger partial charge in [0.15, 0.2) is 0 Å². The summed E-state index contributed by atoms with van der Waals surface area (Å²) in [6, 6.07) is 22.4. The molecule has 4 rings (SSSR count). The number of imide groups is 1. The van der Waals surface area contributed by atoms with E-state index in [1.807, 2.05) is 36.4 Å². The molecule has 6 nitrogen and oxygen atoms in total. The van der Waals surface area contributed by atoms with Crippen LogP contribution in [0, 0.1) is 0 Å². The minimum absolute atomic E-state index is 0.107. The van der Waals surface area contributed by atoms with Gasteiger partial charge in [-0.1, -0.05) is 56.6 Å². The molecule has 0 spiro atoms. The lowest BCUT2D eigenvalue weighted by molar-refractivity contribution is -0.123. The van der Waals surface area contributed by atoms with Gasteiger partial charge in [-0.15, -0.1) is 0 Å². The average Bonchev–Trinajstić information content (AvgIpc) is 3.16. The van der Waals surface area contributed by atoms with Crippen LogP contribution in [0.3, 0.4) is 0 Å². The Hall–Kier alpha value is -3.42. The number of ether oxygens (including phenoxy) is 3. The van der Waals surface area contributed by atoms with Gasteiger partial charge in [-0.2, -0.15) is 0 Å². The molecule has 38 heavy (non-hydrogen) atoms. The Morgan fingerprint density at radius 1 is 0.763 bits per heavy atom. The monoisotopic (exact) mass is 551 g/mol. The van der Waals surface area contributed by atoms with E-state index in [-0.39, 0.29) is 29.7 Å². The highest BCUT2D eigenvalue weighted by molar-refractivity contribution is 8.18. The van der Waals surface area contributed by atoms with E-state index in [9.17, 15) is 9.59 Å². The van der Waals surface area contributed by atoms with Crippen molar-refractivity contribution < 1.29 is 23.8 Å². The largest absolute Gasteiger partial charge is 0.492 e. The van der Waals surface area contributed by atoms with Crippen molar-refractivity contribution >= 4 is 40.6 Å². The van der Waals surface area contributed by atoms with E-state index >= 15 is 0 Å². The molecule has 3 aromatic carbocycles. The minimum Gasteiger partial charge on any atom is -0.492 e. The predicted octanol–water partition coefficient (Wildman–Crippen LogP) is 7.21. The molecule has 0 unspecified atom stereocenters. The molecule has 2 amide bonds. The summed E-state index contributed by atoms with van der Waals surface area (Å²) in [6.07, 6.45) is 1.71. The standard InChI is InChI=1S/C30H30ClNO5S/c1-30(2,3)22-6-12-25(13-7-22)37-19-18-36-24-10-4-21(5-11-24)20-27-28(33)32(29(34)38-27)16-17-35-26-14-8-23(31)9-15-26/h4-15,20H,16-19H2,1-3H3/b27-20-. The summed E-state index contributed by atoms with van der Waals surface area (Å²) in [5.41, 5.74) is 2.17. The number of benzene rings is 3. The molecule has 0 bridgehead atoms. The lowest BCUT2D eigenvalue weighted by Gasteiger charge is -2.19.